The lowest BCUT2D eigenvalue weighted by Crippen LogP contribution is -2.24. The van der Waals surface area contributed by atoms with E-state index >= 15 is 0 Å². The van der Waals surface area contributed by atoms with Crippen molar-refractivity contribution >= 4 is 45.1 Å². The van der Waals surface area contributed by atoms with E-state index in [2.05, 4.69) is 22.6 Å². The van der Waals surface area contributed by atoms with Crippen LogP contribution in [0.2, 0.25) is 5.02 Å². The van der Waals surface area contributed by atoms with Gasteiger partial charge in [-0.15, -0.1) is 0 Å². The number of hydrogen-bond donors (Lipinski definition) is 0. The molecule has 29 heavy (non-hydrogen) atoms. The Balaban J connectivity index is 1.82. The first kappa shape index (κ1) is 19.9. The predicted molar refractivity (Wildman–Crippen MR) is 126 cm³/mol. The van der Waals surface area contributed by atoms with Crippen LogP contribution in [0.3, 0.4) is 0 Å². The molecule has 0 saturated carbocycles. The zero-order chi connectivity index (χ0) is 20.4. The molecule has 146 valence electrons. The van der Waals surface area contributed by atoms with Crippen molar-refractivity contribution in [1.29, 1.82) is 0 Å². The second kappa shape index (κ2) is 8.55. The van der Waals surface area contributed by atoms with Crippen molar-refractivity contribution in [3.8, 4) is 17.1 Å². The fourth-order valence-corrected chi connectivity index (χ4v) is 4.08. The van der Waals surface area contributed by atoms with E-state index in [0.29, 0.717) is 34.7 Å². The molecule has 1 aromatic heterocycles. The Hall–Kier alpha value is -2.38. The SMILES string of the molecule is COc1ccc(CCn2c(-c3ccccc3I)nc3cc(Cl)ccc3c2=O)cc1. The molecule has 0 aliphatic carbocycles. The van der Waals surface area contributed by atoms with Crippen molar-refractivity contribution in [3.63, 3.8) is 0 Å². The molecule has 0 radical (unpaired) electrons. The number of nitrogens with zero attached hydrogens (tertiary/aromatic N) is 2. The molecule has 6 heteroatoms. The van der Waals surface area contributed by atoms with Gasteiger partial charge in [-0.2, -0.15) is 0 Å². The molecule has 0 amide bonds. The molecule has 0 fully saturated rings. The van der Waals surface area contributed by atoms with Gasteiger partial charge in [-0.1, -0.05) is 41.9 Å². The molecule has 0 N–H and O–H groups in total. The summed E-state index contributed by atoms with van der Waals surface area (Å²) in [4.78, 5) is 18.1. The normalized spacial score (nSPS) is 11.0. The molecule has 0 aliphatic heterocycles. The van der Waals surface area contributed by atoms with Gasteiger partial charge >= 0.3 is 0 Å². The lowest BCUT2D eigenvalue weighted by Gasteiger charge is -2.15. The van der Waals surface area contributed by atoms with Gasteiger partial charge < -0.3 is 4.74 Å². The lowest BCUT2D eigenvalue weighted by molar-refractivity contribution is 0.414. The number of halogens is 2. The summed E-state index contributed by atoms with van der Waals surface area (Å²) in [5.41, 5.74) is 2.61. The van der Waals surface area contributed by atoms with E-state index in [-0.39, 0.29) is 5.56 Å². The number of hydrogen-bond acceptors (Lipinski definition) is 3. The standard InChI is InChI=1S/C23H18ClIN2O2/c1-29-17-9-6-15(7-10-17)12-13-27-22(18-4-2-3-5-20(18)25)26-21-14-16(24)8-11-19(21)23(27)28/h2-11,14H,12-13H2,1H3. The van der Waals surface area contributed by atoms with E-state index in [1.165, 1.54) is 0 Å². The Morgan fingerprint density at radius 3 is 2.55 bits per heavy atom. The smallest absolute Gasteiger partial charge is 0.261 e. The largest absolute Gasteiger partial charge is 0.497 e. The first-order chi connectivity index (χ1) is 14.1. The van der Waals surface area contributed by atoms with E-state index in [9.17, 15) is 4.79 Å². The van der Waals surface area contributed by atoms with Crippen LogP contribution in [0.4, 0.5) is 0 Å². The molecule has 0 spiro atoms. The van der Waals surface area contributed by atoms with Crippen LogP contribution >= 0.6 is 34.2 Å². The van der Waals surface area contributed by atoms with Crippen LogP contribution in [0.25, 0.3) is 22.3 Å². The summed E-state index contributed by atoms with van der Waals surface area (Å²) < 4.78 is 8.02. The first-order valence-electron chi connectivity index (χ1n) is 9.15. The predicted octanol–water partition coefficient (Wildman–Crippen LogP) is 5.57. The van der Waals surface area contributed by atoms with Gasteiger partial charge in [0.15, 0.2) is 0 Å². The van der Waals surface area contributed by atoms with Gasteiger partial charge in [0.1, 0.15) is 11.6 Å². The van der Waals surface area contributed by atoms with Gasteiger partial charge in [0.2, 0.25) is 0 Å². The zero-order valence-corrected chi connectivity index (χ0v) is 18.6. The maximum atomic E-state index is 13.3. The van der Waals surface area contributed by atoms with Gasteiger partial charge in [-0.3, -0.25) is 9.36 Å². The number of methoxy groups -OCH3 is 1. The lowest BCUT2D eigenvalue weighted by atomic mass is 10.1. The number of ether oxygens (including phenoxy) is 1. The monoisotopic (exact) mass is 516 g/mol. The Bertz CT molecular complexity index is 1240. The third-order valence-electron chi connectivity index (χ3n) is 4.82. The van der Waals surface area contributed by atoms with Gasteiger partial charge in [0.25, 0.3) is 5.56 Å². The molecule has 1 heterocycles. The molecular formula is C23H18ClIN2O2. The van der Waals surface area contributed by atoms with E-state index in [4.69, 9.17) is 21.3 Å². The van der Waals surface area contributed by atoms with Crippen LogP contribution in [-0.4, -0.2) is 16.7 Å². The molecule has 0 unspecified atom stereocenters. The molecule has 0 saturated heterocycles. The maximum absolute atomic E-state index is 13.3. The molecule has 4 nitrogen and oxygen atoms in total. The van der Waals surface area contributed by atoms with E-state index in [1.54, 1.807) is 29.9 Å². The van der Waals surface area contributed by atoms with E-state index in [1.807, 2.05) is 48.5 Å². The molecule has 3 aromatic carbocycles. The van der Waals surface area contributed by atoms with Gasteiger partial charge in [-0.25, -0.2) is 4.98 Å². The number of fused-ring (bicyclic) bond motifs is 1. The van der Waals surface area contributed by atoms with E-state index < -0.39 is 0 Å². The van der Waals surface area contributed by atoms with Crippen LogP contribution in [-0.2, 0) is 13.0 Å². The van der Waals surface area contributed by atoms with Crippen LogP contribution in [0, 0.1) is 3.57 Å². The van der Waals surface area contributed by atoms with Crippen molar-refractivity contribution in [2.45, 2.75) is 13.0 Å². The Kier molecular flexibility index (Phi) is 5.87. The topological polar surface area (TPSA) is 44.1 Å². The fourth-order valence-electron chi connectivity index (χ4n) is 3.28. The van der Waals surface area contributed by atoms with Gasteiger partial charge in [0, 0.05) is 20.7 Å². The van der Waals surface area contributed by atoms with E-state index in [0.717, 1.165) is 20.4 Å². The minimum atomic E-state index is -0.0603. The van der Waals surface area contributed by atoms with Crippen LogP contribution in [0.15, 0.2) is 71.5 Å². The third kappa shape index (κ3) is 4.16. The summed E-state index contributed by atoms with van der Waals surface area (Å²) in [6.45, 7) is 0.525. The molecule has 4 rings (SSSR count). The Labute approximate surface area is 187 Å². The molecular weight excluding hydrogens is 499 g/mol. The molecule has 0 atom stereocenters. The van der Waals surface area contributed by atoms with Crippen molar-refractivity contribution < 1.29 is 4.74 Å². The highest BCUT2D eigenvalue weighted by Gasteiger charge is 2.15. The molecule has 0 bridgehead atoms. The number of rotatable bonds is 5. The summed E-state index contributed by atoms with van der Waals surface area (Å²) in [6.07, 6.45) is 0.709. The number of aryl methyl sites for hydroxylation is 1. The second-order valence-corrected chi connectivity index (χ2v) is 8.23. The minimum Gasteiger partial charge on any atom is -0.497 e. The van der Waals surface area contributed by atoms with Crippen LogP contribution in [0.5, 0.6) is 5.75 Å². The second-order valence-electron chi connectivity index (χ2n) is 6.63. The van der Waals surface area contributed by atoms with Crippen molar-refractivity contribution in [2.75, 3.05) is 7.11 Å². The Morgan fingerprint density at radius 1 is 1.07 bits per heavy atom. The Morgan fingerprint density at radius 2 is 1.83 bits per heavy atom. The highest BCUT2D eigenvalue weighted by molar-refractivity contribution is 14.1. The molecule has 0 aliphatic rings. The summed E-state index contributed by atoms with van der Waals surface area (Å²) in [6, 6.07) is 21.0. The maximum Gasteiger partial charge on any atom is 0.261 e. The average molecular weight is 517 g/mol. The minimum absolute atomic E-state index is 0.0603. The summed E-state index contributed by atoms with van der Waals surface area (Å²) in [5.74, 6) is 1.47. The summed E-state index contributed by atoms with van der Waals surface area (Å²) in [7, 11) is 1.65. The summed E-state index contributed by atoms with van der Waals surface area (Å²) >= 11 is 8.42. The highest BCUT2D eigenvalue weighted by Crippen LogP contribution is 2.25. The van der Waals surface area contributed by atoms with Gasteiger partial charge in [-0.05, 0) is 71.0 Å². The van der Waals surface area contributed by atoms with Crippen molar-refractivity contribution in [3.05, 3.63) is 91.2 Å². The quantitative estimate of drug-likeness (QED) is 0.326. The number of benzene rings is 3. The number of aromatic nitrogens is 2. The van der Waals surface area contributed by atoms with Crippen LogP contribution < -0.4 is 10.3 Å². The van der Waals surface area contributed by atoms with Crippen LogP contribution in [0.1, 0.15) is 5.56 Å². The van der Waals surface area contributed by atoms with Crippen molar-refractivity contribution in [2.24, 2.45) is 0 Å². The average Bonchev–Trinajstić information content (AvgIpc) is 2.73. The zero-order valence-electron chi connectivity index (χ0n) is 15.7. The fraction of sp³-hybridized carbons (Fsp3) is 0.130. The molecule has 4 aromatic rings. The third-order valence-corrected chi connectivity index (χ3v) is 5.99. The first-order valence-corrected chi connectivity index (χ1v) is 10.6. The van der Waals surface area contributed by atoms with Crippen molar-refractivity contribution in [1.82, 2.24) is 9.55 Å². The summed E-state index contributed by atoms with van der Waals surface area (Å²) in [5, 5.41) is 1.13. The highest BCUT2D eigenvalue weighted by atomic mass is 127. The van der Waals surface area contributed by atoms with Gasteiger partial charge in [0.05, 0.1) is 18.0 Å².